The van der Waals surface area contributed by atoms with Gasteiger partial charge in [0.15, 0.2) is 9.84 Å². The van der Waals surface area contributed by atoms with Crippen LogP contribution in [0.25, 0.3) is 0 Å². The number of benzene rings is 2. The Bertz CT molecular complexity index is 1170. The van der Waals surface area contributed by atoms with Crippen molar-refractivity contribution in [2.75, 3.05) is 36.8 Å². The lowest BCUT2D eigenvalue weighted by molar-refractivity contribution is -0.131. The molecule has 0 atom stereocenters. The number of sulfone groups is 1. The molecule has 0 bridgehead atoms. The molecule has 2 heterocycles. The minimum atomic E-state index is -3.15. The van der Waals surface area contributed by atoms with Gasteiger partial charge in [0.05, 0.1) is 22.5 Å². The van der Waals surface area contributed by atoms with E-state index >= 15 is 0 Å². The van der Waals surface area contributed by atoms with Gasteiger partial charge in [0.25, 0.3) is 0 Å². The van der Waals surface area contributed by atoms with E-state index in [1.807, 2.05) is 41.3 Å². The summed E-state index contributed by atoms with van der Waals surface area (Å²) < 4.78 is 24.3. The zero-order chi connectivity index (χ0) is 26.8. The van der Waals surface area contributed by atoms with E-state index in [-0.39, 0.29) is 17.6 Å². The Kier molecular flexibility index (Phi) is 8.27. The van der Waals surface area contributed by atoms with Crippen LogP contribution in [0, 0.1) is 5.92 Å². The number of nitrogens with zero attached hydrogens (tertiary/aromatic N) is 2. The quantitative estimate of drug-likeness (QED) is 0.562. The molecule has 4 rings (SSSR count). The van der Waals surface area contributed by atoms with Crippen LogP contribution in [-0.2, 0) is 26.7 Å². The minimum Gasteiger partial charge on any atom is -0.385 e. The summed E-state index contributed by atoms with van der Waals surface area (Å²) in [5, 5.41) is 11.8. The van der Waals surface area contributed by atoms with Gasteiger partial charge in [-0.15, -0.1) is 0 Å². The van der Waals surface area contributed by atoms with Crippen molar-refractivity contribution in [3.05, 3.63) is 64.7 Å². The molecule has 0 saturated carbocycles. The number of hydrogen-bond donors (Lipinski definition) is 1. The summed E-state index contributed by atoms with van der Waals surface area (Å²) in [7, 11) is -3.15. The lowest BCUT2D eigenvalue weighted by atomic mass is 9.84. The molecule has 2 aliphatic rings. The molecule has 0 radical (unpaired) electrons. The van der Waals surface area contributed by atoms with Gasteiger partial charge in [-0.3, -0.25) is 4.79 Å². The number of aliphatic hydroxyl groups is 1. The normalized spacial score (nSPS) is 19.2. The van der Waals surface area contributed by atoms with Crippen molar-refractivity contribution in [1.82, 2.24) is 4.90 Å². The highest BCUT2D eigenvalue weighted by Gasteiger charge is 2.35. The minimum absolute atomic E-state index is 0.0934. The van der Waals surface area contributed by atoms with Crippen molar-refractivity contribution in [2.24, 2.45) is 5.92 Å². The summed E-state index contributed by atoms with van der Waals surface area (Å²) in [5.41, 5.74) is 2.14. The van der Waals surface area contributed by atoms with Gasteiger partial charge in [0.2, 0.25) is 5.91 Å². The zero-order valence-electron chi connectivity index (χ0n) is 22.1. The fourth-order valence-corrected chi connectivity index (χ4v) is 6.78. The number of carbonyl (C=O) groups is 1. The molecule has 202 valence electrons. The van der Waals surface area contributed by atoms with E-state index in [0.29, 0.717) is 37.4 Å². The summed E-state index contributed by atoms with van der Waals surface area (Å²) in [6.45, 7) is 7.97. The van der Waals surface area contributed by atoms with E-state index in [2.05, 4.69) is 17.0 Å². The van der Waals surface area contributed by atoms with Crippen molar-refractivity contribution in [2.45, 2.75) is 63.2 Å². The predicted molar refractivity (Wildman–Crippen MR) is 150 cm³/mol. The first-order valence-corrected chi connectivity index (χ1v) is 15.2. The molecule has 2 saturated heterocycles. The average Bonchev–Trinajstić information content (AvgIpc) is 2.85. The lowest BCUT2D eigenvalue weighted by Crippen LogP contribution is -2.42. The first-order valence-electron chi connectivity index (χ1n) is 13.2. The molecule has 0 spiro atoms. The number of anilines is 1. The molecular weight excluding hydrogens is 508 g/mol. The average molecular weight is 547 g/mol. The van der Waals surface area contributed by atoms with Gasteiger partial charge < -0.3 is 14.9 Å². The number of piperidine rings is 2. The van der Waals surface area contributed by atoms with Crippen LogP contribution in [0.15, 0.2) is 48.5 Å². The SMILES string of the molecule is CC(C)(C)S(=O)(=O)CC1CCN(C(=O)Cc2ccc(N3CCC(O)(c4ccc(Cl)cc4)CC3)cc2)CC1. The van der Waals surface area contributed by atoms with Crippen LogP contribution in [-0.4, -0.2) is 61.0 Å². The number of halogens is 1. The fraction of sp³-hybridized carbons (Fsp3) is 0.552. The molecule has 0 unspecified atom stereocenters. The van der Waals surface area contributed by atoms with Crippen LogP contribution in [0.3, 0.4) is 0 Å². The lowest BCUT2D eigenvalue weighted by Gasteiger charge is -2.39. The standard InChI is InChI=1S/C29H39ClN2O4S/c1-28(2,3)37(35,36)21-23-12-16-32(17-13-23)27(33)20-22-4-10-26(11-5-22)31-18-14-29(34,15-19-31)24-6-8-25(30)9-7-24/h4-11,23,34H,12-21H2,1-3H3. The maximum absolute atomic E-state index is 12.9. The van der Waals surface area contributed by atoms with E-state index < -0.39 is 20.2 Å². The summed E-state index contributed by atoms with van der Waals surface area (Å²) in [4.78, 5) is 17.0. The molecule has 2 aromatic rings. The Hall–Kier alpha value is -2.09. The van der Waals surface area contributed by atoms with Crippen LogP contribution in [0.2, 0.25) is 5.02 Å². The smallest absolute Gasteiger partial charge is 0.226 e. The van der Waals surface area contributed by atoms with Crippen LogP contribution < -0.4 is 4.90 Å². The van der Waals surface area contributed by atoms with Gasteiger partial charge in [-0.05, 0) is 87.8 Å². The first kappa shape index (κ1) is 27.9. The molecule has 8 heteroatoms. The second-order valence-electron chi connectivity index (χ2n) is 11.6. The first-order chi connectivity index (χ1) is 17.4. The molecule has 2 aromatic carbocycles. The molecule has 1 N–H and O–H groups in total. The topological polar surface area (TPSA) is 77.9 Å². The summed E-state index contributed by atoms with van der Waals surface area (Å²) >= 11 is 5.99. The number of rotatable bonds is 6. The highest BCUT2D eigenvalue weighted by molar-refractivity contribution is 7.92. The fourth-order valence-electron chi connectivity index (χ4n) is 5.20. The monoisotopic (exact) mass is 546 g/mol. The number of amides is 1. The van der Waals surface area contributed by atoms with Gasteiger partial charge in [0, 0.05) is 36.9 Å². The van der Waals surface area contributed by atoms with Crippen molar-refractivity contribution >= 4 is 33.0 Å². The molecular formula is C29H39ClN2O4S. The highest BCUT2D eigenvalue weighted by atomic mass is 35.5. The second-order valence-corrected chi connectivity index (χ2v) is 14.8. The van der Waals surface area contributed by atoms with E-state index in [4.69, 9.17) is 11.6 Å². The van der Waals surface area contributed by atoms with Crippen molar-refractivity contribution in [3.8, 4) is 0 Å². The number of likely N-dealkylation sites (tertiary alicyclic amines) is 1. The Morgan fingerprint density at radius 2 is 1.54 bits per heavy atom. The summed E-state index contributed by atoms with van der Waals surface area (Å²) in [6.07, 6.45) is 3.10. The predicted octanol–water partition coefficient (Wildman–Crippen LogP) is 4.82. The van der Waals surface area contributed by atoms with E-state index in [1.165, 1.54) is 0 Å². The van der Waals surface area contributed by atoms with E-state index in [0.717, 1.165) is 42.7 Å². The highest BCUT2D eigenvalue weighted by Crippen LogP contribution is 2.35. The molecule has 0 aliphatic carbocycles. The molecule has 2 aliphatic heterocycles. The Balaban J connectivity index is 1.26. The third-order valence-electron chi connectivity index (χ3n) is 7.98. The van der Waals surface area contributed by atoms with Crippen LogP contribution in [0.4, 0.5) is 5.69 Å². The van der Waals surface area contributed by atoms with Crippen molar-refractivity contribution < 1.29 is 18.3 Å². The van der Waals surface area contributed by atoms with E-state index in [9.17, 15) is 18.3 Å². The van der Waals surface area contributed by atoms with Gasteiger partial charge >= 0.3 is 0 Å². The third kappa shape index (κ3) is 6.68. The molecule has 2 fully saturated rings. The van der Waals surface area contributed by atoms with Crippen molar-refractivity contribution in [3.63, 3.8) is 0 Å². The molecule has 37 heavy (non-hydrogen) atoms. The van der Waals surface area contributed by atoms with Crippen molar-refractivity contribution in [1.29, 1.82) is 0 Å². The van der Waals surface area contributed by atoms with Crippen LogP contribution >= 0.6 is 11.6 Å². The van der Waals surface area contributed by atoms with Crippen LogP contribution in [0.1, 0.15) is 57.6 Å². The molecule has 1 amide bonds. The van der Waals surface area contributed by atoms with Crippen LogP contribution in [0.5, 0.6) is 0 Å². The Morgan fingerprint density at radius 1 is 0.973 bits per heavy atom. The van der Waals surface area contributed by atoms with Gasteiger partial charge in [-0.2, -0.15) is 0 Å². The van der Waals surface area contributed by atoms with Gasteiger partial charge in [-0.25, -0.2) is 8.42 Å². The number of carbonyl (C=O) groups excluding carboxylic acids is 1. The second kappa shape index (κ2) is 11.0. The molecule has 6 nitrogen and oxygen atoms in total. The number of hydrogen-bond acceptors (Lipinski definition) is 5. The molecule has 0 aromatic heterocycles. The Morgan fingerprint density at radius 3 is 2.08 bits per heavy atom. The van der Waals surface area contributed by atoms with Gasteiger partial charge in [0.1, 0.15) is 0 Å². The zero-order valence-corrected chi connectivity index (χ0v) is 23.7. The third-order valence-corrected chi connectivity index (χ3v) is 11.0. The maximum atomic E-state index is 12.9. The van der Waals surface area contributed by atoms with E-state index in [1.54, 1.807) is 20.8 Å². The summed E-state index contributed by atoms with van der Waals surface area (Å²) in [6, 6.07) is 15.6. The largest absolute Gasteiger partial charge is 0.385 e. The Labute approximate surface area is 226 Å². The maximum Gasteiger partial charge on any atom is 0.226 e. The summed E-state index contributed by atoms with van der Waals surface area (Å²) in [5.74, 6) is 0.415. The van der Waals surface area contributed by atoms with Gasteiger partial charge in [-0.1, -0.05) is 35.9 Å².